The fraction of sp³-hybridized carbons (Fsp3) is 0.667. The van der Waals surface area contributed by atoms with E-state index in [4.69, 9.17) is 0 Å². The molecule has 0 N–H and O–H groups in total. The van der Waals surface area contributed by atoms with Crippen LogP contribution in [0.2, 0.25) is 0 Å². The van der Waals surface area contributed by atoms with Gasteiger partial charge in [-0.1, -0.05) is 13.0 Å². The zero-order valence-electron chi connectivity index (χ0n) is 15.9. The Labute approximate surface area is 155 Å². The topological polar surface area (TPSA) is 53.5 Å². The minimum absolute atomic E-state index is 0.243. The fourth-order valence-corrected chi connectivity index (χ4v) is 4.71. The van der Waals surface area contributed by atoms with Crippen molar-refractivity contribution in [1.29, 1.82) is 0 Å². The molecule has 0 radical (unpaired) electrons. The zero-order valence-corrected chi connectivity index (χ0v) is 15.9. The van der Waals surface area contributed by atoms with Crippen LogP contribution in [0.5, 0.6) is 0 Å². The molecular formula is C21H29N3O2. The molecule has 1 aromatic heterocycles. The van der Waals surface area contributed by atoms with Crippen molar-refractivity contribution >= 4 is 11.8 Å². The molecule has 5 nitrogen and oxygen atoms in total. The van der Waals surface area contributed by atoms with Crippen LogP contribution in [0, 0.1) is 24.2 Å². The molecule has 3 heterocycles. The molecule has 2 saturated heterocycles. The van der Waals surface area contributed by atoms with Gasteiger partial charge in [-0.3, -0.25) is 14.6 Å². The maximum atomic E-state index is 13.2. The molecule has 140 valence electrons. The highest BCUT2D eigenvalue weighted by Gasteiger charge is 2.48. The Morgan fingerprint density at radius 1 is 1.23 bits per heavy atom. The van der Waals surface area contributed by atoms with Gasteiger partial charge in [0.2, 0.25) is 11.8 Å². The van der Waals surface area contributed by atoms with Gasteiger partial charge in [0.25, 0.3) is 0 Å². The molecule has 0 unspecified atom stereocenters. The number of aryl methyl sites for hydroxylation is 1. The van der Waals surface area contributed by atoms with Gasteiger partial charge in [0.15, 0.2) is 0 Å². The number of nitrogens with zero attached hydrogens (tertiary/aromatic N) is 3. The van der Waals surface area contributed by atoms with Crippen LogP contribution in [0.3, 0.4) is 0 Å². The van der Waals surface area contributed by atoms with Crippen LogP contribution >= 0.6 is 0 Å². The van der Waals surface area contributed by atoms with Crippen molar-refractivity contribution in [2.75, 3.05) is 19.6 Å². The van der Waals surface area contributed by atoms with Gasteiger partial charge in [0, 0.05) is 31.2 Å². The Morgan fingerprint density at radius 3 is 2.73 bits per heavy atom. The number of hydrogen-bond acceptors (Lipinski definition) is 3. The lowest BCUT2D eigenvalue weighted by molar-refractivity contribution is -0.138. The lowest BCUT2D eigenvalue weighted by atomic mass is 9.79. The van der Waals surface area contributed by atoms with Gasteiger partial charge in [-0.05, 0) is 57.1 Å². The van der Waals surface area contributed by atoms with Crippen molar-refractivity contribution in [2.45, 2.75) is 52.5 Å². The normalized spacial score (nSPS) is 31.4. The van der Waals surface area contributed by atoms with Crippen LogP contribution in [0.25, 0.3) is 0 Å². The lowest BCUT2D eigenvalue weighted by Crippen LogP contribution is -2.37. The Hall–Kier alpha value is -1.91. The monoisotopic (exact) mass is 355 g/mol. The van der Waals surface area contributed by atoms with Gasteiger partial charge in [-0.2, -0.15) is 0 Å². The standard InChI is InChI=1S/C21H29N3O2/c1-15-13-18(15)19(25)23-10-4-7-21(8-11-23)9-12-24(20(21)26)14-17-6-3-5-16(2)22-17/h3,5-6,15,18H,4,7-14H2,1-2H3/t15-,18+,21-/m1/s1. The number of likely N-dealkylation sites (tertiary alicyclic amines) is 2. The van der Waals surface area contributed by atoms with Crippen LogP contribution < -0.4 is 0 Å². The SMILES string of the molecule is Cc1cccc(CN2CC[C@]3(CCCN(C(=O)[C@H]4C[C@H]4C)CC3)C2=O)n1. The Kier molecular flexibility index (Phi) is 4.49. The van der Waals surface area contributed by atoms with E-state index in [2.05, 4.69) is 11.9 Å². The highest BCUT2D eigenvalue weighted by molar-refractivity contribution is 5.85. The summed E-state index contributed by atoms with van der Waals surface area (Å²) in [4.78, 5) is 34.3. The lowest BCUT2D eigenvalue weighted by Gasteiger charge is -2.27. The van der Waals surface area contributed by atoms with Gasteiger partial charge in [0.05, 0.1) is 17.7 Å². The van der Waals surface area contributed by atoms with Crippen molar-refractivity contribution in [2.24, 2.45) is 17.3 Å². The summed E-state index contributed by atoms with van der Waals surface area (Å²) >= 11 is 0. The Bertz CT molecular complexity index is 719. The summed E-state index contributed by atoms with van der Waals surface area (Å²) in [7, 11) is 0. The first-order valence-corrected chi connectivity index (χ1v) is 9.99. The number of amides is 2. The summed E-state index contributed by atoms with van der Waals surface area (Å²) in [6.07, 6.45) is 4.62. The smallest absolute Gasteiger partial charge is 0.229 e. The van der Waals surface area contributed by atoms with Gasteiger partial charge in [0.1, 0.15) is 0 Å². The third kappa shape index (κ3) is 3.24. The molecule has 1 saturated carbocycles. The molecule has 0 bridgehead atoms. The van der Waals surface area contributed by atoms with Gasteiger partial charge >= 0.3 is 0 Å². The minimum atomic E-state index is -0.256. The average Bonchev–Trinajstić information content (AvgIpc) is 3.33. The predicted molar refractivity (Wildman–Crippen MR) is 99.1 cm³/mol. The van der Waals surface area contributed by atoms with E-state index in [0.29, 0.717) is 18.4 Å². The number of carbonyl (C=O) groups excluding carboxylic acids is 2. The van der Waals surface area contributed by atoms with Crippen LogP contribution in [-0.4, -0.2) is 46.2 Å². The molecule has 3 atom stereocenters. The number of pyridine rings is 1. The van der Waals surface area contributed by atoms with E-state index >= 15 is 0 Å². The zero-order chi connectivity index (χ0) is 18.3. The quantitative estimate of drug-likeness (QED) is 0.838. The van der Waals surface area contributed by atoms with Gasteiger partial charge in [-0.25, -0.2) is 0 Å². The molecule has 3 fully saturated rings. The highest BCUT2D eigenvalue weighted by atomic mass is 16.2. The van der Waals surface area contributed by atoms with E-state index in [-0.39, 0.29) is 17.2 Å². The van der Waals surface area contributed by atoms with Crippen LogP contribution in [0.1, 0.15) is 50.4 Å². The number of rotatable bonds is 3. The van der Waals surface area contributed by atoms with E-state index in [0.717, 1.165) is 63.1 Å². The van der Waals surface area contributed by atoms with E-state index in [9.17, 15) is 9.59 Å². The van der Waals surface area contributed by atoms with E-state index in [1.165, 1.54) is 0 Å². The van der Waals surface area contributed by atoms with Crippen molar-refractivity contribution < 1.29 is 9.59 Å². The predicted octanol–water partition coefficient (Wildman–Crippen LogP) is 2.78. The molecule has 2 amide bonds. The van der Waals surface area contributed by atoms with Crippen molar-refractivity contribution in [1.82, 2.24) is 14.8 Å². The number of carbonyl (C=O) groups is 2. The summed E-state index contributed by atoms with van der Waals surface area (Å²) < 4.78 is 0. The molecule has 1 aromatic rings. The Morgan fingerprint density at radius 2 is 2.00 bits per heavy atom. The van der Waals surface area contributed by atoms with E-state index < -0.39 is 0 Å². The number of hydrogen-bond donors (Lipinski definition) is 0. The minimum Gasteiger partial charge on any atom is -0.342 e. The molecule has 26 heavy (non-hydrogen) atoms. The average molecular weight is 355 g/mol. The third-order valence-corrected chi connectivity index (χ3v) is 6.58. The molecule has 2 aliphatic heterocycles. The van der Waals surface area contributed by atoms with Crippen molar-refractivity contribution in [3.63, 3.8) is 0 Å². The molecule has 1 aliphatic carbocycles. The largest absolute Gasteiger partial charge is 0.342 e. The Balaban J connectivity index is 1.41. The number of aromatic nitrogens is 1. The second-order valence-electron chi connectivity index (χ2n) is 8.53. The summed E-state index contributed by atoms with van der Waals surface area (Å²) in [5, 5.41) is 0. The molecule has 0 aromatic carbocycles. The second kappa shape index (κ2) is 6.67. The molecule has 4 rings (SSSR count). The van der Waals surface area contributed by atoms with Gasteiger partial charge in [-0.15, -0.1) is 0 Å². The summed E-state index contributed by atoms with van der Waals surface area (Å²) in [5.41, 5.74) is 1.69. The first kappa shape index (κ1) is 17.5. The highest BCUT2D eigenvalue weighted by Crippen LogP contribution is 2.44. The summed E-state index contributed by atoms with van der Waals surface area (Å²) in [6, 6.07) is 5.98. The van der Waals surface area contributed by atoms with Crippen LogP contribution in [-0.2, 0) is 16.1 Å². The first-order valence-electron chi connectivity index (χ1n) is 9.99. The molecule has 3 aliphatic rings. The first-order chi connectivity index (χ1) is 12.5. The van der Waals surface area contributed by atoms with Crippen molar-refractivity contribution in [3.05, 3.63) is 29.6 Å². The molecular weight excluding hydrogens is 326 g/mol. The molecule has 1 spiro atoms. The van der Waals surface area contributed by atoms with Crippen LogP contribution in [0.15, 0.2) is 18.2 Å². The maximum absolute atomic E-state index is 13.2. The fourth-order valence-electron chi connectivity index (χ4n) is 4.71. The maximum Gasteiger partial charge on any atom is 0.229 e. The van der Waals surface area contributed by atoms with Gasteiger partial charge < -0.3 is 9.80 Å². The van der Waals surface area contributed by atoms with E-state index in [1.807, 2.05) is 34.9 Å². The van der Waals surface area contributed by atoms with Crippen LogP contribution in [0.4, 0.5) is 0 Å². The summed E-state index contributed by atoms with van der Waals surface area (Å²) in [6.45, 7) is 7.10. The summed E-state index contributed by atoms with van der Waals surface area (Å²) in [5.74, 6) is 1.38. The second-order valence-corrected chi connectivity index (χ2v) is 8.53. The molecule has 5 heteroatoms. The van der Waals surface area contributed by atoms with E-state index in [1.54, 1.807) is 0 Å². The third-order valence-electron chi connectivity index (χ3n) is 6.58. The van der Waals surface area contributed by atoms with Crippen molar-refractivity contribution in [3.8, 4) is 0 Å².